The van der Waals surface area contributed by atoms with Crippen LogP contribution in [0.1, 0.15) is 13.3 Å². The number of nitrogens with one attached hydrogen (secondary N) is 1. The van der Waals surface area contributed by atoms with Gasteiger partial charge in [-0.05, 0) is 24.6 Å². The third-order valence-corrected chi connectivity index (χ3v) is 4.63. The van der Waals surface area contributed by atoms with E-state index in [1.165, 1.54) is 12.1 Å². The van der Waals surface area contributed by atoms with Gasteiger partial charge < -0.3 is 15.8 Å². The van der Waals surface area contributed by atoms with E-state index in [1.54, 1.807) is 6.07 Å². The Morgan fingerprint density at radius 2 is 2.16 bits per heavy atom. The molecule has 1 aromatic carbocycles. The maximum absolute atomic E-state index is 11.9. The predicted octanol–water partition coefficient (Wildman–Crippen LogP) is 0.528. The van der Waals surface area contributed by atoms with E-state index in [-0.39, 0.29) is 23.1 Å². The highest BCUT2D eigenvalue weighted by Gasteiger charge is 2.27. The molecule has 6 nitrogen and oxygen atoms in total. The second kappa shape index (κ2) is 5.18. The highest BCUT2D eigenvalue weighted by atomic mass is 32.2. The van der Waals surface area contributed by atoms with Crippen LogP contribution in [0.2, 0.25) is 0 Å². The molecular formula is C12H16N2O4S. The van der Waals surface area contributed by atoms with Crippen molar-refractivity contribution in [3.63, 3.8) is 0 Å². The van der Waals surface area contributed by atoms with Gasteiger partial charge in [0.2, 0.25) is 0 Å². The lowest BCUT2D eigenvalue weighted by Crippen LogP contribution is -2.36. The first-order chi connectivity index (χ1) is 8.97. The number of anilines is 1. The van der Waals surface area contributed by atoms with Gasteiger partial charge in [-0.1, -0.05) is 6.92 Å². The summed E-state index contributed by atoms with van der Waals surface area (Å²) in [5, 5.41) is 2.66. The standard InChI is InChI=1S/C12H16N2O4S/c1-2-10-12(15)14-9-7-8(3-4-11(9)18-10)19(16,17)6-5-13/h3-4,7,10H,2,5-6,13H2,1H3,(H,14,15). The Bertz CT molecular complexity index is 598. The molecule has 0 aliphatic carbocycles. The molecule has 3 N–H and O–H groups in total. The minimum Gasteiger partial charge on any atom is -0.478 e. The normalized spacial score (nSPS) is 18.4. The van der Waals surface area contributed by atoms with E-state index in [1.807, 2.05) is 6.92 Å². The summed E-state index contributed by atoms with van der Waals surface area (Å²) >= 11 is 0. The highest BCUT2D eigenvalue weighted by Crippen LogP contribution is 2.32. The van der Waals surface area contributed by atoms with E-state index >= 15 is 0 Å². The van der Waals surface area contributed by atoms with Gasteiger partial charge in [0.05, 0.1) is 16.3 Å². The van der Waals surface area contributed by atoms with E-state index in [4.69, 9.17) is 10.5 Å². The molecule has 1 aliphatic heterocycles. The number of hydrogen-bond acceptors (Lipinski definition) is 5. The Labute approximate surface area is 111 Å². The first kappa shape index (κ1) is 13.8. The molecular weight excluding hydrogens is 268 g/mol. The van der Waals surface area contributed by atoms with E-state index < -0.39 is 15.9 Å². The number of nitrogens with two attached hydrogens (primary N) is 1. The molecule has 0 aromatic heterocycles. The summed E-state index contributed by atoms with van der Waals surface area (Å²) in [4.78, 5) is 11.8. The van der Waals surface area contributed by atoms with Gasteiger partial charge in [-0.25, -0.2) is 8.42 Å². The van der Waals surface area contributed by atoms with Crippen molar-refractivity contribution in [2.24, 2.45) is 5.73 Å². The number of sulfone groups is 1. The molecule has 1 heterocycles. The molecule has 0 bridgehead atoms. The van der Waals surface area contributed by atoms with Crippen LogP contribution in [0.5, 0.6) is 5.75 Å². The van der Waals surface area contributed by atoms with Crippen LogP contribution in [-0.4, -0.2) is 32.7 Å². The number of carbonyl (C=O) groups is 1. The molecule has 1 aliphatic rings. The van der Waals surface area contributed by atoms with Crippen LogP contribution in [0.25, 0.3) is 0 Å². The summed E-state index contributed by atoms with van der Waals surface area (Å²) < 4.78 is 29.3. The van der Waals surface area contributed by atoms with E-state index in [0.29, 0.717) is 17.9 Å². The Kier molecular flexibility index (Phi) is 3.77. The van der Waals surface area contributed by atoms with Crippen molar-refractivity contribution < 1.29 is 17.9 Å². The van der Waals surface area contributed by atoms with Gasteiger partial charge in [0.15, 0.2) is 15.9 Å². The molecule has 1 amide bonds. The van der Waals surface area contributed by atoms with Crippen LogP contribution in [-0.2, 0) is 14.6 Å². The summed E-state index contributed by atoms with van der Waals surface area (Å²) in [6, 6.07) is 4.43. The number of benzene rings is 1. The zero-order valence-electron chi connectivity index (χ0n) is 10.5. The van der Waals surface area contributed by atoms with Crippen LogP contribution < -0.4 is 15.8 Å². The lowest BCUT2D eigenvalue weighted by molar-refractivity contribution is -0.123. The Morgan fingerprint density at radius 3 is 2.79 bits per heavy atom. The van der Waals surface area contributed by atoms with Gasteiger partial charge in [0, 0.05) is 6.54 Å². The summed E-state index contributed by atoms with van der Waals surface area (Å²) in [6.45, 7) is 1.90. The van der Waals surface area contributed by atoms with Crippen molar-refractivity contribution in [2.45, 2.75) is 24.3 Å². The average molecular weight is 284 g/mol. The van der Waals surface area contributed by atoms with E-state index in [9.17, 15) is 13.2 Å². The monoisotopic (exact) mass is 284 g/mol. The first-order valence-electron chi connectivity index (χ1n) is 6.02. The maximum atomic E-state index is 11.9. The van der Waals surface area contributed by atoms with Crippen molar-refractivity contribution in [3.05, 3.63) is 18.2 Å². The minimum absolute atomic E-state index is 0.0557. The molecule has 0 saturated carbocycles. The zero-order chi connectivity index (χ0) is 14.0. The largest absolute Gasteiger partial charge is 0.478 e. The van der Waals surface area contributed by atoms with Crippen molar-refractivity contribution in [2.75, 3.05) is 17.6 Å². The molecule has 1 atom stereocenters. The van der Waals surface area contributed by atoms with Crippen LogP contribution in [0.15, 0.2) is 23.1 Å². The third kappa shape index (κ3) is 2.71. The molecule has 1 aromatic rings. The lowest BCUT2D eigenvalue weighted by Gasteiger charge is -2.25. The van der Waals surface area contributed by atoms with Gasteiger partial charge >= 0.3 is 0 Å². The predicted molar refractivity (Wildman–Crippen MR) is 70.9 cm³/mol. The smallest absolute Gasteiger partial charge is 0.265 e. The number of carbonyl (C=O) groups excluding carboxylic acids is 1. The maximum Gasteiger partial charge on any atom is 0.265 e. The van der Waals surface area contributed by atoms with Crippen molar-refractivity contribution in [3.8, 4) is 5.75 Å². The Balaban J connectivity index is 2.36. The second-order valence-corrected chi connectivity index (χ2v) is 6.38. The van der Waals surface area contributed by atoms with Crippen LogP contribution >= 0.6 is 0 Å². The molecule has 1 unspecified atom stereocenters. The molecule has 0 spiro atoms. The number of ether oxygens (including phenoxy) is 1. The second-order valence-electron chi connectivity index (χ2n) is 4.27. The van der Waals surface area contributed by atoms with Crippen molar-refractivity contribution in [1.82, 2.24) is 0 Å². The molecule has 0 saturated heterocycles. The van der Waals surface area contributed by atoms with E-state index in [2.05, 4.69) is 5.32 Å². The number of rotatable bonds is 4. The fraction of sp³-hybridized carbons (Fsp3) is 0.417. The zero-order valence-corrected chi connectivity index (χ0v) is 11.4. The van der Waals surface area contributed by atoms with Gasteiger partial charge in [0.25, 0.3) is 5.91 Å². The molecule has 0 fully saturated rings. The Morgan fingerprint density at radius 1 is 1.42 bits per heavy atom. The number of fused-ring (bicyclic) bond motifs is 1. The SMILES string of the molecule is CCC1Oc2ccc(S(=O)(=O)CCN)cc2NC1=O. The lowest BCUT2D eigenvalue weighted by atomic mass is 10.2. The number of amides is 1. The van der Waals surface area contributed by atoms with Gasteiger partial charge in [0.1, 0.15) is 5.75 Å². The van der Waals surface area contributed by atoms with Gasteiger partial charge in [-0.2, -0.15) is 0 Å². The number of hydrogen-bond donors (Lipinski definition) is 2. The topological polar surface area (TPSA) is 98.5 Å². The summed E-state index contributed by atoms with van der Waals surface area (Å²) in [5.74, 6) is 0.0968. The fourth-order valence-electron chi connectivity index (χ4n) is 1.86. The quantitative estimate of drug-likeness (QED) is 0.840. The molecule has 7 heteroatoms. The van der Waals surface area contributed by atoms with Crippen molar-refractivity contribution in [1.29, 1.82) is 0 Å². The van der Waals surface area contributed by atoms with Gasteiger partial charge in [-0.3, -0.25) is 4.79 Å². The van der Waals surface area contributed by atoms with Crippen LogP contribution in [0, 0.1) is 0 Å². The molecule has 19 heavy (non-hydrogen) atoms. The Hall–Kier alpha value is -1.60. The van der Waals surface area contributed by atoms with Crippen LogP contribution in [0.3, 0.4) is 0 Å². The highest BCUT2D eigenvalue weighted by molar-refractivity contribution is 7.91. The first-order valence-corrected chi connectivity index (χ1v) is 7.67. The summed E-state index contributed by atoms with van der Waals surface area (Å²) in [5.41, 5.74) is 5.66. The molecule has 104 valence electrons. The fourth-order valence-corrected chi connectivity index (χ4v) is 2.98. The molecule has 2 rings (SSSR count). The van der Waals surface area contributed by atoms with Crippen molar-refractivity contribution >= 4 is 21.4 Å². The van der Waals surface area contributed by atoms with Crippen LogP contribution in [0.4, 0.5) is 5.69 Å². The summed E-state index contributed by atoms with van der Waals surface area (Å²) in [6.07, 6.45) is 0.0254. The minimum atomic E-state index is -3.41. The average Bonchev–Trinajstić information content (AvgIpc) is 2.37. The summed E-state index contributed by atoms with van der Waals surface area (Å²) in [7, 11) is -3.41. The van der Waals surface area contributed by atoms with Gasteiger partial charge in [-0.15, -0.1) is 0 Å². The third-order valence-electron chi connectivity index (χ3n) is 2.89. The molecule has 0 radical (unpaired) electrons. The van der Waals surface area contributed by atoms with E-state index in [0.717, 1.165) is 0 Å².